The van der Waals surface area contributed by atoms with Gasteiger partial charge >= 0.3 is 0 Å². The van der Waals surface area contributed by atoms with E-state index in [1.54, 1.807) is 6.07 Å². The minimum Gasteiger partial charge on any atom is -0.329 e. The van der Waals surface area contributed by atoms with E-state index in [0.29, 0.717) is 25.3 Å². The Morgan fingerprint density at radius 3 is 2.71 bits per heavy atom. The van der Waals surface area contributed by atoms with Gasteiger partial charge in [-0.15, -0.1) is 0 Å². The second-order valence-electron chi connectivity index (χ2n) is 3.62. The van der Waals surface area contributed by atoms with Gasteiger partial charge in [0, 0.05) is 31.7 Å². The predicted molar refractivity (Wildman–Crippen MR) is 65.1 cm³/mol. The molecule has 17 heavy (non-hydrogen) atoms. The first-order chi connectivity index (χ1) is 8.01. The van der Waals surface area contributed by atoms with Crippen LogP contribution in [-0.4, -0.2) is 36.8 Å². The third kappa shape index (κ3) is 6.32. The van der Waals surface area contributed by atoms with Crippen molar-refractivity contribution < 1.29 is 13.0 Å². The number of hydrogen-bond donors (Lipinski definition) is 3. The van der Waals surface area contributed by atoms with E-state index < -0.39 is 10.1 Å². The Labute approximate surface area is 101 Å². The van der Waals surface area contributed by atoms with Crippen molar-refractivity contribution in [3.05, 3.63) is 29.6 Å². The molecule has 0 aliphatic heterocycles. The molecule has 7 heteroatoms. The lowest BCUT2D eigenvalue weighted by Gasteiger charge is -2.05. The first kappa shape index (κ1) is 14.0. The zero-order valence-corrected chi connectivity index (χ0v) is 10.3. The molecule has 0 aliphatic carbocycles. The van der Waals surface area contributed by atoms with Crippen LogP contribution in [0, 0.1) is 0 Å². The molecular weight excluding hydrogens is 242 g/mol. The SMILES string of the molecule is NCCNCc1cccc(CCS(=O)(=O)O)n1. The standard InChI is InChI=1S/C10H17N3O3S/c11-5-6-12-8-10-3-1-2-9(13-10)4-7-17(14,15)16/h1-3,12H,4-8,11H2,(H,14,15,16). The summed E-state index contributed by atoms with van der Waals surface area (Å²) in [5.41, 5.74) is 6.81. The van der Waals surface area contributed by atoms with E-state index in [-0.39, 0.29) is 12.2 Å². The molecule has 1 aromatic heterocycles. The smallest absolute Gasteiger partial charge is 0.265 e. The number of rotatable bonds is 7. The van der Waals surface area contributed by atoms with Gasteiger partial charge in [0.05, 0.1) is 11.4 Å². The lowest BCUT2D eigenvalue weighted by molar-refractivity contribution is 0.482. The molecule has 6 nitrogen and oxygen atoms in total. The molecule has 0 radical (unpaired) electrons. The maximum Gasteiger partial charge on any atom is 0.265 e. The number of aromatic nitrogens is 1. The minimum absolute atomic E-state index is 0.212. The molecule has 0 aromatic carbocycles. The second kappa shape index (κ2) is 6.65. The molecule has 96 valence electrons. The van der Waals surface area contributed by atoms with Crippen LogP contribution < -0.4 is 11.1 Å². The van der Waals surface area contributed by atoms with Gasteiger partial charge in [0.1, 0.15) is 0 Å². The fourth-order valence-corrected chi connectivity index (χ4v) is 1.79. The van der Waals surface area contributed by atoms with Gasteiger partial charge in [0.15, 0.2) is 0 Å². The molecule has 0 unspecified atom stereocenters. The van der Waals surface area contributed by atoms with E-state index in [1.807, 2.05) is 12.1 Å². The lowest BCUT2D eigenvalue weighted by Crippen LogP contribution is -2.22. The molecule has 1 rings (SSSR count). The van der Waals surface area contributed by atoms with Crippen LogP contribution >= 0.6 is 0 Å². The highest BCUT2D eigenvalue weighted by molar-refractivity contribution is 7.85. The van der Waals surface area contributed by atoms with Crippen molar-refractivity contribution in [1.29, 1.82) is 0 Å². The molecule has 1 heterocycles. The molecule has 0 aliphatic rings. The quantitative estimate of drug-likeness (QED) is 0.453. The average molecular weight is 259 g/mol. The van der Waals surface area contributed by atoms with E-state index in [1.165, 1.54) is 0 Å². The highest BCUT2D eigenvalue weighted by atomic mass is 32.2. The average Bonchev–Trinajstić information content (AvgIpc) is 2.27. The Bertz CT molecular complexity index is 448. The molecule has 0 spiro atoms. The van der Waals surface area contributed by atoms with Gasteiger partial charge in [0.25, 0.3) is 10.1 Å². The Kier molecular flexibility index (Phi) is 5.49. The molecule has 0 amide bonds. The molecule has 0 fully saturated rings. The summed E-state index contributed by atoms with van der Waals surface area (Å²) in [7, 11) is -3.93. The highest BCUT2D eigenvalue weighted by Crippen LogP contribution is 2.01. The van der Waals surface area contributed by atoms with Gasteiger partial charge in [-0.2, -0.15) is 8.42 Å². The zero-order chi connectivity index (χ0) is 12.7. The van der Waals surface area contributed by atoms with Crippen molar-refractivity contribution in [2.75, 3.05) is 18.8 Å². The number of pyridine rings is 1. The van der Waals surface area contributed by atoms with Gasteiger partial charge in [-0.25, -0.2) is 0 Å². The summed E-state index contributed by atoms with van der Waals surface area (Å²) in [6.07, 6.45) is 0.212. The Hall–Kier alpha value is -1.02. The molecule has 1 aromatic rings. The van der Waals surface area contributed by atoms with Crippen molar-refractivity contribution in [1.82, 2.24) is 10.3 Å². The van der Waals surface area contributed by atoms with Crippen molar-refractivity contribution in [3.8, 4) is 0 Å². The van der Waals surface area contributed by atoms with Crippen LogP contribution in [0.15, 0.2) is 18.2 Å². The van der Waals surface area contributed by atoms with Crippen LogP contribution in [0.1, 0.15) is 11.4 Å². The molecule has 0 saturated heterocycles. The Morgan fingerprint density at radius 2 is 2.06 bits per heavy atom. The number of nitrogens with one attached hydrogen (secondary N) is 1. The Balaban J connectivity index is 2.53. The number of aryl methyl sites for hydroxylation is 1. The first-order valence-corrected chi connectivity index (χ1v) is 6.93. The molecule has 4 N–H and O–H groups in total. The van der Waals surface area contributed by atoms with Crippen molar-refractivity contribution in [2.24, 2.45) is 5.73 Å². The van der Waals surface area contributed by atoms with Crippen LogP contribution in [0.3, 0.4) is 0 Å². The normalized spacial score (nSPS) is 11.6. The summed E-state index contributed by atoms with van der Waals surface area (Å²) < 4.78 is 29.8. The van der Waals surface area contributed by atoms with Gasteiger partial charge in [-0.1, -0.05) is 6.07 Å². The van der Waals surface area contributed by atoms with Crippen molar-refractivity contribution in [2.45, 2.75) is 13.0 Å². The molecule has 0 atom stereocenters. The third-order valence-corrected chi connectivity index (χ3v) is 2.83. The number of nitrogens with zero attached hydrogens (tertiary/aromatic N) is 1. The number of hydrogen-bond acceptors (Lipinski definition) is 5. The summed E-state index contributed by atoms with van der Waals surface area (Å²) in [5, 5.41) is 3.10. The zero-order valence-electron chi connectivity index (χ0n) is 9.46. The lowest BCUT2D eigenvalue weighted by atomic mass is 10.2. The van der Waals surface area contributed by atoms with Gasteiger partial charge in [0.2, 0.25) is 0 Å². The topological polar surface area (TPSA) is 105 Å². The van der Waals surface area contributed by atoms with Crippen molar-refractivity contribution in [3.63, 3.8) is 0 Å². The van der Waals surface area contributed by atoms with Gasteiger partial charge in [-0.3, -0.25) is 9.54 Å². The predicted octanol–water partition coefficient (Wildman–Crippen LogP) is -0.440. The van der Waals surface area contributed by atoms with E-state index >= 15 is 0 Å². The van der Waals surface area contributed by atoms with E-state index in [2.05, 4.69) is 10.3 Å². The fourth-order valence-electron chi connectivity index (χ4n) is 1.32. The van der Waals surface area contributed by atoms with Gasteiger partial charge in [-0.05, 0) is 12.1 Å². The molecule has 0 saturated carbocycles. The Morgan fingerprint density at radius 1 is 1.35 bits per heavy atom. The van der Waals surface area contributed by atoms with Crippen LogP contribution in [0.2, 0.25) is 0 Å². The van der Waals surface area contributed by atoms with E-state index in [0.717, 1.165) is 5.69 Å². The highest BCUT2D eigenvalue weighted by Gasteiger charge is 2.06. The molecule has 0 bridgehead atoms. The minimum atomic E-state index is -3.93. The monoisotopic (exact) mass is 259 g/mol. The summed E-state index contributed by atoms with van der Waals surface area (Å²) in [5.74, 6) is -0.306. The summed E-state index contributed by atoms with van der Waals surface area (Å²) in [4.78, 5) is 4.27. The van der Waals surface area contributed by atoms with E-state index in [4.69, 9.17) is 10.3 Å². The largest absolute Gasteiger partial charge is 0.329 e. The number of nitrogens with two attached hydrogens (primary N) is 1. The summed E-state index contributed by atoms with van der Waals surface area (Å²) >= 11 is 0. The fraction of sp³-hybridized carbons (Fsp3) is 0.500. The second-order valence-corrected chi connectivity index (χ2v) is 5.19. The van der Waals surface area contributed by atoms with Crippen LogP contribution in [0.25, 0.3) is 0 Å². The van der Waals surface area contributed by atoms with Gasteiger partial charge < -0.3 is 11.1 Å². The summed E-state index contributed by atoms with van der Waals surface area (Å²) in [6.45, 7) is 1.86. The third-order valence-electron chi connectivity index (χ3n) is 2.11. The maximum atomic E-state index is 10.6. The van der Waals surface area contributed by atoms with E-state index in [9.17, 15) is 8.42 Å². The van der Waals surface area contributed by atoms with Crippen LogP contribution in [-0.2, 0) is 23.1 Å². The molecular formula is C10H17N3O3S. The first-order valence-electron chi connectivity index (χ1n) is 5.32. The van der Waals surface area contributed by atoms with Crippen LogP contribution in [0.4, 0.5) is 0 Å². The van der Waals surface area contributed by atoms with Crippen molar-refractivity contribution >= 4 is 10.1 Å². The van der Waals surface area contributed by atoms with Crippen LogP contribution in [0.5, 0.6) is 0 Å². The summed E-state index contributed by atoms with van der Waals surface area (Å²) in [6, 6.07) is 5.39. The maximum absolute atomic E-state index is 10.6.